The highest BCUT2D eigenvalue weighted by Crippen LogP contribution is 2.14. The minimum Gasteiger partial charge on any atom is -0.385 e. The number of rotatable bonds is 5. The van der Waals surface area contributed by atoms with Crippen LogP contribution in [0.25, 0.3) is 0 Å². The van der Waals surface area contributed by atoms with Gasteiger partial charge in [-0.3, -0.25) is 9.79 Å². The lowest BCUT2D eigenvalue weighted by atomic mass is 10.0. The minimum absolute atomic E-state index is 0.109. The number of nitrogens with two attached hydrogens (primary N) is 1. The Labute approximate surface area is 160 Å². The molecule has 0 spiro atoms. The number of aromatic nitrogens is 1. The van der Waals surface area contributed by atoms with E-state index in [0.717, 1.165) is 36.5 Å². The normalized spacial score (nSPS) is 17.6. The number of nitrogen functional groups attached to an aromatic ring is 1. The summed E-state index contributed by atoms with van der Waals surface area (Å²) in [6.07, 6.45) is 3.76. The SMILES string of the molecule is CN=C(N[C@H]1CCCN(C(=O)CNc2ccc(C)cc2)C1)c1cc[nH]c1N. The molecule has 2 aromatic rings. The number of nitrogens with zero attached hydrogens (tertiary/aromatic N) is 2. The lowest BCUT2D eigenvalue weighted by molar-refractivity contribution is -0.130. The van der Waals surface area contributed by atoms with Crippen LogP contribution in [0.15, 0.2) is 41.5 Å². The molecule has 7 nitrogen and oxygen atoms in total. The number of carbonyl (C=O) groups excluding carboxylic acids is 1. The molecular formula is C20H28N6O. The third-order valence-electron chi connectivity index (χ3n) is 4.87. The zero-order chi connectivity index (χ0) is 19.2. The molecule has 0 bridgehead atoms. The van der Waals surface area contributed by atoms with Crippen molar-refractivity contribution >= 4 is 23.2 Å². The van der Waals surface area contributed by atoms with E-state index in [1.165, 1.54) is 5.56 Å². The summed E-state index contributed by atoms with van der Waals surface area (Å²) in [6.45, 7) is 3.80. The summed E-state index contributed by atoms with van der Waals surface area (Å²) in [7, 11) is 1.74. The van der Waals surface area contributed by atoms with Crippen LogP contribution in [0.1, 0.15) is 24.0 Å². The zero-order valence-electron chi connectivity index (χ0n) is 16.0. The maximum Gasteiger partial charge on any atom is 0.241 e. The predicted octanol–water partition coefficient (Wildman–Crippen LogP) is 1.97. The van der Waals surface area contributed by atoms with Crippen LogP contribution in [-0.2, 0) is 4.79 Å². The van der Waals surface area contributed by atoms with Crippen LogP contribution >= 0.6 is 0 Å². The van der Waals surface area contributed by atoms with Gasteiger partial charge in [-0.1, -0.05) is 17.7 Å². The van der Waals surface area contributed by atoms with Gasteiger partial charge in [-0.2, -0.15) is 0 Å². The average molecular weight is 368 g/mol. The van der Waals surface area contributed by atoms with Crippen molar-refractivity contribution in [2.45, 2.75) is 25.8 Å². The van der Waals surface area contributed by atoms with E-state index >= 15 is 0 Å². The summed E-state index contributed by atoms with van der Waals surface area (Å²) in [5.41, 5.74) is 8.98. The molecule has 0 unspecified atom stereocenters. The highest BCUT2D eigenvalue weighted by molar-refractivity contribution is 6.02. The van der Waals surface area contributed by atoms with Gasteiger partial charge < -0.3 is 26.3 Å². The Morgan fingerprint density at radius 2 is 2.11 bits per heavy atom. The van der Waals surface area contributed by atoms with E-state index in [4.69, 9.17) is 5.73 Å². The van der Waals surface area contributed by atoms with E-state index in [-0.39, 0.29) is 11.9 Å². The summed E-state index contributed by atoms with van der Waals surface area (Å²) in [6, 6.07) is 10.1. The number of carbonyl (C=O) groups is 1. The molecule has 1 aliphatic rings. The fraction of sp³-hybridized carbons (Fsp3) is 0.400. The van der Waals surface area contributed by atoms with E-state index in [9.17, 15) is 4.79 Å². The van der Waals surface area contributed by atoms with Crippen LogP contribution in [0, 0.1) is 6.92 Å². The van der Waals surface area contributed by atoms with Crippen molar-refractivity contribution in [3.63, 3.8) is 0 Å². The second-order valence-electron chi connectivity index (χ2n) is 6.92. The number of nitrogens with one attached hydrogen (secondary N) is 3. The smallest absolute Gasteiger partial charge is 0.241 e. The molecule has 7 heteroatoms. The van der Waals surface area contributed by atoms with Crippen LogP contribution in [0.2, 0.25) is 0 Å². The number of likely N-dealkylation sites (tertiary alicyclic amines) is 1. The lowest BCUT2D eigenvalue weighted by Crippen LogP contribution is -2.51. The van der Waals surface area contributed by atoms with Gasteiger partial charge in [0.25, 0.3) is 0 Å². The summed E-state index contributed by atoms with van der Waals surface area (Å²) in [5, 5.41) is 6.66. The van der Waals surface area contributed by atoms with Gasteiger partial charge in [0.1, 0.15) is 11.7 Å². The van der Waals surface area contributed by atoms with Gasteiger partial charge in [0.05, 0.1) is 12.1 Å². The molecular weight excluding hydrogens is 340 g/mol. The number of piperidine rings is 1. The van der Waals surface area contributed by atoms with Crippen molar-refractivity contribution in [1.29, 1.82) is 0 Å². The molecule has 0 saturated carbocycles. The molecule has 27 heavy (non-hydrogen) atoms. The molecule has 0 aliphatic carbocycles. The lowest BCUT2D eigenvalue weighted by Gasteiger charge is -2.34. The summed E-state index contributed by atoms with van der Waals surface area (Å²) in [4.78, 5) is 21.8. The fourth-order valence-electron chi connectivity index (χ4n) is 3.33. The topological polar surface area (TPSA) is 98.5 Å². The maximum absolute atomic E-state index is 12.6. The molecule has 3 rings (SSSR count). The highest BCUT2D eigenvalue weighted by atomic mass is 16.2. The molecule has 1 fully saturated rings. The van der Waals surface area contributed by atoms with Gasteiger partial charge >= 0.3 is 0 Å². The van der Waals surface area contributed by atoms with Crippen molar-refractivity contribution in [3.05, 3.63) is 47.7 Å². The van der Waals surface area contributed by atoms with Crippen LogP contribution in [-0.4, -0.2) is 54.4 Å². The Morgan fingerprint density at radius 1 is 1.33 bits per heavy atom. The summed E-state index contributed by atoms with van der Waals surface area (Å²) < 4.78 is 0. The Kier molecular flexibility index (Phi) is 6.01. The van der Waals surface area contributed by atoms with Crippen molar-refractivity contribution in [1.82, 2.24) is 15.2 Å². The Balaban J connectivity index is 1.54. The molecule has 0 radical (unpaired) electrons. The molecule has 5 N–H and O–H groups in total. The van der Waals surface area contributed by atoms with Gasteiger partial charge in [0.15, 0.2) is 0 Å². The molecule has 1 amide bonds. The quantitative estimate of drug-likeness (QED) is 0.479. The summed E-state index contributed by atoms with van der Waals surface area (Å²) in [5.74, 6) is 1.46. The predicted molar refractivity (Wildman–Crippen MR) is 110 cm³/mol. The number of hydrogen-bond acceptors (Lipinski definition) is 4. The number of hydrogen-bond donors (Lipinski definition) is 4. The second-order valence-corrected chi connectivity index (χ2v) is 6.92. The number of aromatic amines is 1. The van der Waals surface area contributed by atoms with E-state index in [1.807, 2.05) is 42.2 Å². The number of H-pyrrole nitrogens is 1. The van der Waals surface area contributed by atoms with Gasteiger partial charge in [-0.25, -0.2) is 0 Å². The highest BCUT2D eigenvalue weighted by Gasteiger charge is 2.24. The average Bonchev–Trinajstić information content (AvgIpc) is 3.11. The second kappa shape index (κ2) is 8.62. The Morgan fingerprint density at radius 3 is 2.78 bits per heavy atom. The minimum atomic E-state index is 0.109. The maximum atomic E-state index is 12.6. The van der Waals surface area contributed by atoms with Gasteiger partial charge in [-0.15, -0.1) is 0 Å². The first-order valence-electron chi connectivity index (χ1n) is 9.31. The van der Waals surface area contributed by atoms with Crippen LogP contribution in [0.3, 0.4) is 0 Å². The van der Waals surface area contributed by atoms with Gasteiger partial charge in [0.2, 0.25) is 5.91 Å². The zero-order valence-corrected chi connectivity index (χ0v) is 16.0. The van der Waals surface area contributed by atoms with Crippen LogP contribution in [0.4, 0.5) is 11.5 Å². The summed E-state index contributed by atoms with van der Waals surface area (Å²) >= 11 is 0. The number of benzene rings is 1. The van der Waals surface area contributed by atoms with Crippen molar-refractivity contribution < 1.29 is 4.79 Å². The van der Waals surface area contributed by atoms with Gasteiger partial charge in [-0.05, 0) is 38.0 Å². The third-order valence-corrected chi connectivity index (χ3v) is 4.87. The van der Waals surface area contributed by atoms with Crippen molar-refractivity contribution in [3.8, 4) is 0 Å². The molecule has 1 aliphatic heterocycles. The number of amidine groups is 1. The van der Waals surface area contributed by atoms with Gasteiger partial charge in [0, 0.05) is 38.1 Å². The van der Waals surface area contributed by atoms with Crippen molar-refractivity contribution in [2.75, 3.05) is 37.7 Å². The molecule has 1 aromatic heterocycles. The van der Waals surface area contributed by atoms with Crippen molar-refractivity contribution in [2.24, 2.45) is 4.99 Å². The first kappa shape index (κ1) is 18.8. The first-order valence-corrected chi connectivity index (χ1v) is 9.31. The van der Waals surface area contributed by atoms with E-state index in [2.05, 4.69) is 20.6 Å². The monoisotopic (exact) mass is 368 g/mol. The number of aryl methyl sites for hydroxylation is 1. The number of amides is 1. The number of aliphatic imine (C=N–C) groups is 1. The van der Waals surface area contributed by atoms with Crippen LogP contribution < -0.4 is 16.4 Å². The molecule has 1 saturated heterocycles. The molecule has 1 aromatic carbocycles. The van der Waals surface area contributed by atoms with E-state index in [1.54, 1.807) is 13.2 Å². The fourth-order valence-corrected chi connectivity index (χ4v) is 3.33. The Hall–Kier alpha value is -2.96. The van der Waals surface area contributed by atoms with E-state index < -0.39 is 0 Å². The number of anilines is 2. The molecule has 1 atom stereocenters. The van der Waals surface area contributed by atoms with E-state index in [0.29, 0.717) is 18.9 Å². The Bertz CT molecular complexity index is 795. The standard InChI is InChI=1S/C20H28N6O/c1-14-5-7-15(8-6-14)24-12-18(27)26-11-3-4-16(13-26)25-20(22-2)17-9-10-23-19(17)21/h5-10,16,23-24H,3-4,11-13,21H2,1-2H3,(H,22,25)/t16-/m0/s1. The first-order chi connectivity index (χ1) is 13.1. The van der Waals surface area contributed by atoms with Crippen LogP contribution in [0.5, 0.6) is 0 Å². The third kappa shape index (κ3) is 4.81. The molecule has 2 heterocycles. The molecule has 144 valence electrons. The largest absolute Gasteiger partial charge is 0.385 e.